The molecule has 0 fully saturated rings. The van der Waals surface area contributed by atoms with Gasteiger partial charge in [0.2, 0.25) is 5.91 Å². The molecule has 2 N–H and O–H groups in total. The van der Waals surface area contributed by atoms with E-state index in [0.717, 1.165) is 11.1 Å². The van der Waals surface area contributed by atoms with Crippen LogP contribution in [0.2, 0.25) is 0 Å². The van der Waals surface area contributed by atoms with Crippen molar-refractivity contribution in [3.05, 3.63) is 42.5 Å². The van der Waals surface area contributed by atoms with Gasteiger partial charge in [-0.3, -0.25) is 4.79 Å². The first kappa shape index (κ1) is 14.3. The van der Waals surface area contributed by atoms with Gasteiger partial charge < -0.3 is 15.4 Å². The summed E-state index contributed by atoms with van der Waals surface area (Å²) in [4.78, 5) is 11.9. The SMILES string of the molecule is COCCNC(=O)C(C)Nc1ccc2ccccc2c1. The molecule has 2 rings (SSSR count). The van der Waals surface area contributed by atoms with E-state index in [1.165, 1.54) is 5.39 Å². The van der Waals surface area contributed by atoms with E-state index in [1.54, 1.807) is 7.11 Å². The molecule has 0 aliphatic carbocycles. The first-order chi connectivity index (χ1) is 9.70. The summed E-state index contributed by atoms with van der Waals surface area (Å²) >= 11 is 0. The summed E-state index contributed by atoms with van der Waals surface area (Å²) in [5.41, 5.74) is 0.943. The molecule has 0 saturated carbocycles. The first-order valence-corrected chi connectivity index (χ1v) is 6.72. The number of nitrogens with one attached hydrogen (secondary N) is 2. The number of hydrogen-bond donors (Lipinski definition) is 2. The molecule has 0 aromatic heterocycles. The summed E-state index contributed by atoms with van der Waals surface area (Å²) in [7, 11) is 1.61. The Balaban J connectivity index is 1.98. The zero-order chi connectivity index (χ0) is 14.4. The quantitative estimate of drug-likeness (QED) is 0.794. The second-order valence-corrected chi connectivity index (χ2v) is 4.71. The van der Waals surface area contributed by atoms with E-state index in [1.807, 2.05) is 37.3 Å². The van der Waals surface area contributed by atoms with Gasteiger partial charge in [-0.05, 0) is 29.8 Å². The second-order valence-electron chi connectivity index (χ2n) is 4.71. The van der Waals surface area contributed by atoms with E-state index in [2.05, 4.69) is 22.8 Å². The minimum atomic E-state index is -0.284. The molecule has 20 heavy (non-hydrogen) atoms. The van der Waals surface area contributed by atoms with Gasteiger partial charge in [0.25, 0.3) is 0 Å². The van der Waals surface area contributed by atoms with Crippen molar-refractivity contribution in [2.75, 3.05) is 25.6 Å². The van der Waals surface area contributed by atoms with Crippen LogP contribution in [0.5, 0.6) is 0 Å². The van der Waals surface area contributed by atoms with Crippen LogP contribution >= 0.6 is 0 Å². The number of carbonyl (C=O) groups is 1. The number of fused-ring (bicyclic) bond motifs is 1. The molecule has 0 spiro atoms. The Labute approximate surface area is 119 Å². The lowest BCUT2D eigenvalue weighted by Crippen LogP contribution is -2.39. The maximum absolute atomic E-state index is 11.9. The van der Waals surface area contributed by atoms with Crippen molar-refractivity contribution in [2.45, 2.75) is 13.0 Å². The van der Waals surface area contributed by atoms with Gasteiger partial charge >= 0.3 is 0 Å². The van der Waals surface area contributed by atoms with Gasteiger partial charge in [0.1, 0.15) is 6.04 Å². The number of ether oxygens (including phenoxy) is 1. The highest BCUT2D eigenvalue weighted by molar-refractivity contribution is 5.88. The van der Waals surface area contributed by atoms with Crippen LogP contribution in [0.1, 0.15) is 6.92 Å². The maximum atomic E-state index is 11.9. The molecule has 1 amide bonds. The third kappa shape index (κ3) is 3.71. The number of hydrogen-bond acceptors (Lipinski definition) is 3. The zero-order valence-electron chi connectivity index (χ0n) is 11.8. The molecule has 1 atom stereocenters. The van der Waals surface area contributed by atoms with Crippen molar-refractivity contribution in [1.29, 1.82) is 0 Å². The average molecular weight is 272 g/mol. The van der Waals surface area contributed by atoms with Crippen LogP contribution < -0.4 is 10.6 Å². The van der Waals surface area contributed by atoms with Crippen LogP contribution in [0.25, 0.3) is 10.8 Å². The lowest BCUT2D eigenvalue weighted by molar-refractivity contribution is -0.121. The monoisotopic (exact) mass is 272 g/mol. The Kier molecular flexibility index (Phi) is 4.96. The highest BCUT2D eigenvalue weighted by Gasteiger charge is 2.11. The van der Waals surface area contributed by atoms with Crippen molar-refractivity contribution in [1.82, 2.24) is 5.32 Å². The lowest BCUT2D eigenvalue weighted by Gasteiger charge is -2.15. The van der Waals surface area contributed by atoms with Crippen molar-refractivity contribution < 1.29 is 9.53 Å². The average Bonchev–Trinajstić information content (AvgIpc) is 2.47. The standard InChI is InChI=1S/C16H20N2O2/c1-12(16(19)17-9-10-20-2)18-15-8-7-13-5-3-4-6-14(13)11-15/h3-8,11-12,18H,9-10H2,1-2H3,(H,17,19). The van der Waals surface area contributed by atoms with E-state index < -0.39 is 0 Å². The number of rotatable bonds is 6. The van der Waals surface area contributed by atoms with Crippen LogP contribution in [0.15, 0.2) is 42.5 Å². The summed E-state index contributed by atoms with van der Waals surface area (Å²) in [6.45, 7) is 2.89. The molecule has 0 radical (unpaired) electrons. The Morgan fingerprint density at radius 1 is 1.20 bits per heavy atom. The number of methoxy groups -OCH3 is 1. The fraction of sp³-hybridized carbons (Fsp3) is 0.312. The van der Waals surface area contributed by atoms with E-state index in [0.29, 0.717) is 13.2 Å². The number of carbonyl (C=O) groups excluding carboxylic acids is 1. The molecule has 106 valence electrons. The van der Waals surface area contributed by atoms with E-state index in [-0.39, 0.29) is 11.9 Å². The Hall–Kier alpha value is -2.07. The zero-order valence-corrected chi connectivity index (χ0v) is 11.8. The van der Waals surface area contributed by atoms with Gasteiger partial charge in [-0.25, -0.2) is 0 Å². The molecule has 4 nitrogen and oxygen atoms in total. The number of benzene rings is 2. The fourth-order valence-electron chi connectivity index (χ4n) is 2.02. The van der Waals surface area contributed by atoms with Crippen LogP contribution in [-0.2, 0) is 9.53 Å². The number of anilines is 1. The van der Waals surface area contributed by atoms with Gasteiger partial charge in [0, 0.05) is 19.3 Å². The van der Waals surface area contributed by atoms with E-state index >= 15 is 0 Å². The smallest absolute Gasteiger partial charge is 0.242 e. The van der Waals surface area contributed by atoms with Crippen LogP contribution in [0.3, 0.4) is 0 Å². The van der Waals surface area contributed by atoms with Gasteiger partial charge in [-0.15, -0.1) is 0 Å². The molecular formula is C16H20N2O2. The fourth-order valence-corrected chi connectivity index (χ4v) is 2.02. The third-order valence-corrected chi connectivity index (χ3v) is 3.13. The molecule has 0 heterocycles. The number of amides is 1. The second kappa shape index (κ2) is 6.91. The molecular weight excluding hydrogens is 252 g/mol. The highest BCUT2D eigenvalue weighted by Crippen LogP contribution is 2.19. The summed E-state index contributed by atoms with van der Waals surface area (Å²) < 4.78 is 4.90. The predicted molar refractivity (Wildman–Crippen MR) is 81.9 cm³/mol. The topological polar surface area (TPSA) is 50.4 Å². The lowest BCUT2D eigenvalue weighted by atomic mass is 10.1. The molecule has 2 aromatic carbocycles. The summed E-state index contributed by atoms with van der Waals surface area (Å²) in [5, 5.41) is 8.37. The van der Waals surface area contributed by atoms with Crippen molar-refractivity contribution in [3.8, 4) is 0 Å². The normalized spacial score (nSPS) is 12.1. The minimum absolute atomic E-state index is 0.0322. The Morgan fingerprint density at radius 2 is 1.95 bits per heavy atom. The highest BCUT2D eigenvalue weighted by atomic mass is 16.5. The molecule has 0 aliphatic heterocycles. The van der Waals surface area contributed by atoms with Gasteiger partial charge in [-0.2, -0.15) is 0 Å². The van der Waals surface area contributed by atoms with Crippen molar-refractivity contribution in [3.63, 3.8) is 0 Å². The predicted octanol–water partition coefficient (Wildman–Crippen LogP) is 2.40. The summed E-state index contributed by atoms with van der Waals surface area (Å²) in [6, 6.07) is 14.0. The van der Waals surface area contributed by atoms with Gasteiger partial charge in [0.15, 0.2) is 0 Å². The van der Waals surface area contributed by atoms with Crippen LogP contribution in [-0.4, -0.2) is 32.2 Å². The van der Waals surface area contributed by atoms with E-state index in [9.17, 15) is 4.79 Å². The van der Waals surface area contributed by atoms with Gasteiger partial charge in [0.05, 0.1) is 6.61 Å². The molecule has 0 saturated heterocycles. The maximum Gasteiger partial charge on any atom is 0.242 e. The van der Waals surface area contributed by atoms with Crippen molar-refractivity contribution in [2.24, 2.45) is 0 Å². The minimum Gasteiger partial charge on any atom is -0.383 e. The summed E-state index contributed by atoms with van der Waals surface area (Å²) in [6.07, 6.45) is 0. The van der Waals surface area contributed by atoms with E-state index in [4.69, 9.17) is 4.74 Å². The third-order valence-electron chi connectivity index (χ3n) is 3.13. The van der Waals surface area contributed by atoms with Crippen molar-refractivity contribution >= 4 is 22.4 Å². The largest absolute Gasteiger partial charge is 0.383 e. The molecule has 4 heteroatoms. The Bertz CT molecular complexity index is 583. The first-order valence-electron chi connectivity index (χ1n) is 6.72. The molecule has 0 bridgehead atoms. The van der Waals surface area contributed by atoms with Crippen LogP contribution in [0, 0.1) is 0 Å². The molecule has 2 aromatic rings. The van der Waals surface area contributed by atoms with Crippen LogP contribution in [0.4, 0.5) is 5.69 Å². The Morgan fingerprint density at radius 3 is 2.70 bits per heavy atom. The summed E-state index contributed by atoms with van der Waals surface area (Å²) in [5.74, 6) is -0.0322. The molecule has 1 unspecified atom stereocenters. The molecule has 0 aliphatic rings. The van der Waals surface area contributed by atoms with Gasteiger partial charge in [-0.1, -0.05) is 30.3 Å².